The third kappa shape index (κ3) is 4.58. The zero-order chi connectivity index (χ0) is 24.5. The highest BCUT2D eigenvalue weighted by molar-refractivity contribution is 6.08. The summed E-state index contributed by atoms with van der Waals surface area (Å²) in [5.74, 6) is -0.0918. The number of carbonyl (C=O) groups is 2. The maximum absolute atomic E-state index is 12.8. The molecule has 2 aromatic heterocycles. The van der Waals surface area contributed by atoms with Crippen molar-refractivity contribution in [2.45, 2.75) is 6.92 Å². The molecule has 0 bridgehead atoms. The quantitative estimate of drug-likeness (QED) is 0.304. The highest BCUT2D eigenvalue weighted by Gasteiger charge is 2.11. The summed E-state index contributed by atoms with van der Waals surface area (Å²) in [6.07, 6.45) is 0. The first-order chi connectivity index (χ1) is 16.9. The molecule has 172 valence electrons. The average molecular weight is 463 g/mol. The van der Waals surface area contributed by atoms with Crippen LogP contribution in [0.4, 0.5) is 22.9 Å². The number of benzene rings is 3. The van der Waals surface area contributed by atoms with Gasteiger partial charge in [-0.2, -0.15) is 0 Å². The lowest BCUT2D eigenvalue weighted by molar-refractivity contribution is 0.101. The van der Waals surface area contributed by atoms with Gasteiger partial charge in [0.05, 0.1) is 11.0 Å². The van der Waals surface area contributed by atoms with Gasteiger partial charge in [0, 0.05) is 44.7 Å². The van der Waals surface area contributed by atoms with Crippen LogP contribution >= 0.6 is 0 Å². The predicted molar refractivity (Wildman–Crippen MR) is 139 cm³/mol. The van der Waals surface area contributed by atoms with Crippen LogP contribution < -0.4 is 22.1 Å². The van der Waals surface area contributed by atoms with Crippen molar-refractivity contribution >= 4 is 56.5 Å². The molecule has 0 atom stereocenters. The van der Waals surface area contributed by atoms with Crippen LogP contribution in [0, 0.1) is 6.92 Å². The Morgan fingerprint density at radius 1 is 0.686 bits per heavy atom. The van der Waals surface area contributed by atoms with Crippen molar-refractivity contribution in [2.75, 3.05) is 22.1 Å². The lowest BCUT2D eigenvalue weighted by Crippen LogP contribution is -2.13. The molecular formula is C27H22N6O2. The molecule has 0 aliphatic carbocycles. The number of nitrogens with zero attached hydrogens (tertiary/aromatic N) is 2. The molecule has 8 nitrogen and oxygen atoms in total. The Hall–Kier alpha value is -4.98. The first-order valence-corrected chi connectivity index (χ1v) is 10.9. The molecule has 0 aliphatic heterocycles. The minimum atomic E-state index is -0.269. The van der Waals surface area contributed by atoms with Gasteiger partial charge in [0.1, 0.15) is 5.82 Å². The Balaban J connectivity index is 1.27. The molecule has 6 N–H and O–H groups in total. The molecule has 0 aliphatic rings. The van der Waals surface area contributed by atoms with E-state index in [4.69, 9.17) is 11.5 Å². The van der Waals surface area contributed by atoms with E-state index in [-0.39, 0.29) is 11.8 Å². The number of rotatable bonds is 4. The molecule has 2 amide bonds. The summed E-state index contributed by atoms with van der Waals surface area (Å²) in [7, 11) is 0. The fourth-order valence-electron chi connectivity index (χ4n) is 3.86. The summed E-state index contributed by atoms with van der Waals surface area (Å²) in [6.45, 7) is 1.87. The van der Waals surface area contributed by atoms with Crippen LogP contribution in [0.1, 0.15) is 26.4 Å². The van der Waals surface area contributed by atoms with Crippen molar-refractivity contribution in [3.8, 4) is 0 Å². The zero-order valence-electron chi connectivity index (χ0n) is 18.9. The van der Waals surface area contributed by atoms with Crippen molar-refractivity contribution in [2.24, 2.45) is 0 Å². The Morgan fingerprint density at radius 3 is 1.94 bits per heavy atom. The lowest BCUT2D eigenvalue weighted by Gasteiger charge is -2.10. The Labute approximate surface area is 201 Å². The van der Waals surface area contributed by atoms with Gasteiger partial charge in [0.25, 0.3) is 11.8 Å². The highest BCUT2D eigenvalue weighted by atomic mass is 16.2. The van der Waals surface area contributed by atoms with Crippen molar-refractivity contribution in [3.63, 3.8) is 0 Å². The molecular weight excluding hydrogens is 440 g/mol. The fraction of sp³-hybridized carbons (Fsp3) is 0.0370. The van der Waals surface area contributed by atoms with Gasteiger partial charge in [-0.3, -0.25) is 14.6 Å². The second kappa shape index (κ2) is 8.75. The number of amides is 2. The van der Waals surface area contributed by atoms with Gasteiger partial charge in [0.15, 0.2) is 0 Å². The number of nitrogens with two attached hydrogens (primary N) is 2. The molecule has 35 heavy (non-hydrogen) atoms. The molecule has 0 fully saturated rings. The monoisotopic (exact) mass is 462 g/mol. The third-order valence-corrected chi connectivity index (χ3v) is 5.60. The molecule has 2 heterocycles. The molecule has 0 saturated heterocycles. The average Bonchev–Trinajstić information content (AvgIpc) is 2.84. The van der Waals surface area contributed by atoms with E-state index >= 15 is 0 Å². The topological polar surface area (TPSA) is 136 Å². The Bertz CT molecular complexity index is 1610. The van der Waals surface area contributed by atoms with Crippen molar-refractivity contribution in [1.82, 2.24) is 9.97 Å². The SMILES string of the molecule is Cc1cc(N)c2cc(C(=O)Nc3ccc(NC(=O)c4ccc5nc(N)ccc5c4)cc3)ccc2n1. The summed E-state index contributed by atoms with van der Waals surface area (Å²) in [5.41, 5.74) is 16.8. The van der Waals surface area contributed by atoms with Crippen LogP contribution in [0.3, 0.4) is 0 Å². The first kappa shape index (κ1) is 21.8. The van der Waals surface area contributed by atoms with Crippen LogP contribution in [0.25, 0.3) is 21.8 Å². The van der Waals surface area contributed by atoms with Crippen molar-refractivity contribution in [1.29, 1.82) is 0 Å². The number of nitrogens with one attached hydrogen (secondary N) is 2. The third-order valence-electron chi connectivity index (χ3n) is 5.60. The number of carbonyl (C=O) groups excluding carboxylic acids is 2. The van der Waals surface area contributed by atoms with Crippen molar-refractivity contribution < 1.29 is 9.59 Å². The zero-order valence-corrected chi connectivity index (χ0v) is 18.9. The largest absolute Gasteiger partial charge is 0.398 e. The van der Waals surface area contributed by atoms with E-state index < -0.39 is 0 Å². The number of hydrogen-bond acceptors (Lipinski definition) is 6. The van der Waals surface area contributed by atoms with Crippen LogP contribution in [0.2, 0.25) is 0 Å². The fourth-order valence-corrected chi connectivity index (χ4v) is 3.86. The van der Waals surface area contributed by atoms with Gasteiger partial charge in [0.2, 0.25) is 0 Å². The lowest BCUT2D eigenvalue weighted by atomic mass is 10.1. The molecule has 0 spiro atoms. The Morgan fingerprint density at radius 2 is 1.29 bits per heavy atom. The molecule has 5 aromatic rings. The van der Waals surface area contributed by atoms with E-state index in [1.54, 1.807) is 72.8 Å². The summed E-state index contributed by atoms with van der Waals surface area (Å²) in [4.78, 5) is 34.1. The van der Waals surface area contributed by atoms with Gasteiger partial charge in [-0.05, 0) is 85.8 Å². The van der Waals surface area contributed by atoms with E-state index in [1.807, 2.05) is 13.0 Å². The van der Waals surface area contributed by atoms with Gasteiger partial charge in [-0.25, -0.2) is 4.98 Å². The van der Waals surface area contributed by atoms with Crippen LogP contribution in [-0.4, -0.2) is 21.8 Å². The number of aromatic nitrogens is 2. The second-order valence-electron chi connectivity index (χ2n) is 8.21. The smallest absolute Gasteiger partial charge is 0.255 e. The minimum Gasteiger partial charge on any atom is -0.398 e. The molecule has 8 heteroatoms. The van der Waals surface area contributed by atoms with Crippen molar-refractivity contribution in [3.05, 3.63) is 95.7 Å². The molecule has 3 aromatic carbocycles. The van der Waals surface area contributed by atoms with Gasteiger partial charge in [-0.1, -0.05) is 0 Å². The summed E-state index contributed by atoms with van der Waals surface area (Å²) in [5, 5.41) is 7.28. The van der Waals surface area contributed by atoms with Crippen LogP contribution in [0.15, 0.2) is 78.9 Å². The van der Waals surface area contributed by atoms with Crippen LogP contribution in [-0.2, 0) is 0 Å². The standard InChI is InChI=1S/C27H22N6O2/c1-15-12-22(28)21-14-18(3-10-24(21)30-15)27(35)32-20-7-5-19(6-8-20)31-26(34)17-2-9-23-16(13-17)4-11-25(29)33-23/h2-14H,1H3,(H2,28,30)(H2,29,33)(H,31,34)(H,32,35). The van der Waals surface area contributed by atoms with E-state index in [9.17, 15) is 9.59 Å². The van der Waals surface area contributed by atoms with Gasteiger partial charge < -0.3 is 22.1 Å². The maximum Gasteiger partial charge on any atom is 0.255 e. The first-order valence-electron chi connectivity index (χ1n) is 10.9. The second-order valence-corrected chi connectivity index (χ2v) is 8.21. The van der Waals surface area contributed by atoms with E-state index in [1.165, 1.54) is 0 Å². The number of hydrogen-bond donors (Lipinski definition) is 4. The molecule has 0 saturated carbocycles. The number of anilines is 4. The van der Waals surface area contributed by atoms with E-state index in [0.717, 1.165) is 27.5 Å². The summed E-state index contributed by atoms with van der Waals surface area (Å²) >= 11 is 0. The highest BCUT2D eigenvalue weighted by Crippen LogP contribution is 2.23. The number of aryl methyl sites for hydroxylation is 1. The Kier molecular flexibility index (Phi) is 5.46. The summed E-state index contributed by atoms with van der Waals surface area (Å²) in [6, 6.07) is 22.6. The minimum absolute atomic E-state index is 0.252. The van der Waals surface area contributed by atoms with Gasteiger partial charge >= 0.3 is 0 Å². The van der Waals surface area contributed by atoms with E-state index in [0.29, 0.717) is 34.0 Å². The number of pyridine rings is 2. The normalized spacial score (nSPS) is 10.9. The van der Waals surface area contributed by atoms with E-state index in [2.05, 4.69) is 20.6 Å². The van der Waals surface area contributed by atoms with Gasteiger partial charge in [-0.15, -0.1) is 0 Å². The van der Waals surface area contributed by atoms with Crippen LogP contribution in [0.5, 0.6) is 0 Å². The molecule has 5 rings (SSSR count). The summed E-state index contributed by atoms with van der Waals surface area (Å²) < 4.78 is 0. The molecule has 0 unspecified atom stereocenters. The predicted octanol–water partition coefficient (Wildman–Crippen LogP) is 4.76. The number of fused-ring (bicyclic) bond motifs is 2. The molecule has 0 radical (unpaired) electrons. The number of nitrogen functional groups attached to an aromatic ring is 2. The maximum atomic E-state index is 12.8.